The van der Waals surface area contributed by atoms with Crippen LogP contribution in [0.1, 0.15) is 11.5 Å². The van der Waals surface area contributed by atoms with Crippen molar-refractivity contribution in [2.24, 2.45) is 7.05 Å². The summed E-state index contributed by atoms with van der Waals surface area (Å²) in [7, 11) is 1.96. The molecule has 90 valence electrons. The normalized spacial score (nSPS) is 10.5. The maximum atomic E-state index is 8.85. The van der Waals surface area contributed by atoms with Gasteiger partial charge in [0.25, 0.3) is 0 Å². The number of aliphatic hydroxyl groups is 1. The van der Waals surface area contributed by atoms with Crippen molar-refractivity contribution in [1.29, 1.82) is 0 Å². The summed E-state index contributed by atoms with van der Waals surface area (Å²) in [5.41, 5.74) is 0.640. The van der Waals surface area contributed by atoms with E-state index in [9.17, 15) is 0 Å². The second kappa shape index (κ2) is 5.45. The highest BCUT2D eigenvalue weighted by molar-refractivity contribution is 5.19. The SMILES string of the molecule is Cn1ccnc1CCOc1ccc(CO)nc1. The third-order valence-corrected chi connectivity index (χ3v) is 2.47. The van der Waals surface area contributed by atoms with Gasteiger partial charge in [0.05, 0.1) is 25.1 Å². The van der Waals surface area contributed by atoms with Gasteiger partial charge < -0.3 is 14.4 Å². The molecular weight excluding hydrogens is 218 g/mol. The minimum atomic E-state index is -0.0481. The molecule has 0 atom stereocenters. The molecule has 0 aliphatic carbocycles. The van der Waals surface area contributed by atoms with Crippen LogP contribution in [0.15, 0.2) is 30.7 Å². The number of aliphatic hydroxyl groups excluding tert-OH is 1. The van der Waals surface area contributed by atoms with E-state index in [2.05, 4.69) is 9.97 Å². The van der Waals surface area contributed by atoms with Crippen LogP contribution < -0.4 is 4.74 Å². The molecule has 0 aliphatic rings. The number of pyridine rings is 1. The summed E-state index contributed by atoms with van der Waals surface area (Å²) < 4.78 is 7.51. The van der Waals surface area contributed by atoms with E-state index in [1.807, 2.05) is 17.8 Å². The molecule has 17 heavy (non-hydrogen) atoms. The molecule has 5 nitrogen and oxygen atoms in total. The van der Waals surface area contributed by atoms with E-state index < -0.39 is 0 Å². The Hall–Kier alpha value is -1.88. The first-order valence-corrected chi connectivity index (χ1v) is 5.44. The average Bonchev–Trinajstić information content (AvgIpc) is 2.76. The zero-order valence-electron chi connectivity index (χ0n) is 9.71. The van der Waals surface area contributed by atoms with E-state index in [1.54, 1.807) is 24.5 Å². The van der Waals surface area contributed by atoms with Crippen LogP contribution in [0.3, 0.4) is 0 Å². The first-order valence-electron chi connectivity index (χ1n) is 5.44. The number of hydrogen-bond donors (Lipinski definition) is 1. The first kappa shape index (κ1) is 11.6. The Morgan fingerprint density at radius 1 is 1.35 bits per heavy atom. The van der Waals surface area contributed by atoms with Crippen LogP contribution in [-0.4, -0.2) is 26.2 Å². The quantitative estimate of drug-likeness (QED) is 0.834. The van der Waals surface area contributed by atoms with E-state index in [1.165, 1.54) is 0 Å². The van der Waals surface area contributed by atoms with Crippen molar-refractivity contribution in [2.45, 2.75) is 13.0 Å². The Labute approximate surface area is 99.7 Å². The molecule has 0 saturated carbocycles. The predicted octanol–water partition coefficient (Wildman–Crippen LogP) is 0.929. The van der Waals surface area contributed by atoms with Crippen molar-refractivity contribution in [3.05, 3.63) is 42.2 Å². The fourth-order valence-corrected chi connectivity index (χ4v) is 1.49. The summed E-state index contributed by atoms with van der Waals surface area (Å²) in [6.45, 7) is 0.512. The number of aryl methyl sites for hydroxylation is 1. The topological polar surface area (TPSA) is 60.2 Å². The first-order chi connectivity index (χ1) is 8.29. The van der Waals surface area contributed by atoms with Gasteiger partial charge >= 0.3 is 0 Å². The minimum absolute atomic E-state index is 0.0481. The maximum Gasteiger partial charge on any atom is 0.137 e. The van der Waals surface area contributed by atoms with Crippen LogP contribution in [-0.2, 0) is 20.1 Å². The zero-order valence-corrected chi connectivity index (χ0v) is 9.71. The molecule has 0 aliphatic heterocycles. The van der Waals surface area contributed by atoms with Gasteiger partial charge in [-0.1, -0.05) is 0 Å². The molecule has 2 heterocycles. The van der Waals surface area contributed by atoms with Gasteiger partial charge in [-0.15, -0.1) is 0 Å². The fourth-order valence-electron chi connectivity index (χ4n) is 1.49. The summed E-state index contributed by atoms with van der Waals surface area (Å²) in [6.07, 6.45) is 6.05. The van der Waals surface area contributed by atoms with Crippen LogP contribution in [0.25, 0.3) is 0 Å². The third-order valence-electron chi connectivity index (χ3n) is 2.47. The molecular formula is C12H15N3O2. The lowest BCUT2D eigenvalue weighted by molar-refractivity contribution is 0.275. The van der Waals surface area contributed by atoms with E-state index in [0.29, 0.717) is 18.1 Å². The van der Waals surface area contributed by atoms with Gasteiger partial charge in [0, 0.05) is 25.9 Å². The number of rotatable bonds is 5. The molecule has 2 aromatic rings. The molecule has 0 radical (unpaired) electrons. The summed E-state index contributed by atoms with van der Waals surface area (Å²) in [5.74, 6) is 1.70. The Morgan fingerprint density at radius 3 is 2.82 bits per heavy atom. The van der Waals surface area contributed by atoms with E-state index in [4.69, 9.17) is 9.84 Å². The van der Waals surface area contributed by atoms with E-state index in [-0.39, 0.29) is 6.61 Å². The summed E-state index contributed by atoms with van der Waals surface area (Å²) in [4.78, 5) is 8.24. The lowest BCUT2D eigenvalue weighted by atomic mass is 10.3. The minimum Gasteiger partial charge on any atom is -0.492 e. The highest BCUT2D eigenvalue weighted by Crippen LogP contribution is 2.09. The van der Waals surface area contributed by atoms with Gasteiger partial charge in [-0.3, -0.25) is 4.98 Å². The molecule has 0 unspecified atom stereocenters. The Balaban J connectivity index is 1.83. The molecule has 0 amide bonds. The lowest BCUT2D eigenvalue weighted by Gasteiger charge is -2.06. The molecule has 5 heteroatoms. The van der Waals surface area contributed by atoms with Crippen molar-refractivity contribution < 1.29 is 9.84 Å². The highest BCUT2D eigenvalue weighted by Gasteiger charge is 2.00. The summed E-state index contributed by atoms with van der Waals surface area (Å²) >= 11 is 0. The van der Waals surface area contributed by atoms with Crippen LogP contribution in [0.2, 0.25) is 0 Å². The second-order valence-corrected chi connectivity index (χ2v) is 3.70. The second-order valence-electron chi connectivity index (χ2n) is 3.70. The number of hydrogen-bond acceptors (Lipinski definition) is 4. The van der Waals surface area contributed by atoms with Crippen molar-refractivity contribution in [3.8, 4) is 5.75 Å². The molecule has 1 N–H and O–H groups in total. The van der Waals surface area contributed by atoms with Crippen LogP contribution >= 0.6 is 0 Å². The van der Waals surface area contributed by atoms with E-state index >= 15 is 0 Å². The largest absolute Gasteiger partial charge is 0.492 e. The maximum absolute atomic E-state index is 8.85. The lowest BCUT2D eigenvalue weighted by Crippen LogP contribution is -2.06. The highest BCUT2D eigenvalue weighted by atomic mass is 16.5. The van der Waals surface area contributed by atoms with Gasteiger partial charge in [0.1, 0.15) is 11.6 Å². The molecule has 0 spiro atoms. The van der Waals surface area contributed by atoms with Crippen molar-refractivity contribution >= 4 is 0 Å². The monoisotopic (exact) mass is 233 g/mol. The van der Waals surface area contributed by atoms with Crippen molar-refractivity contribution in [2.75, 3.05) is 6.61 Å². The van der Waals surface area contributed by atoms with Gasteiger partial charge in [0.2, 0.25) is 0 Å². The summed E-state index contributed by atoms with van der Waals surface area (Å²) in [5, 5.41) is 8.85. The van der Waals surface area contributed by atoms with Gasteiger partial charge in [-0.25, -0.2) is 4.98 Å². The smallest absolute Gasteiger partial charge is 0.137 e. The molecule has 0 bridgehead atoms. The standard InChI is InChI=1S/C12H15N3O2/c1-15-6-5-13-12(15)4-7-17-11-3-2-10(9-16)14-8-11/h2-3,5-6,8,16H,4,7,9H2,1H3. The van der Waals surface area contributed by atoms with Crippen molar-refractivity contribution in [3.63, 3.8) is 0 Å². The predicted molar refractivity (Wildman–Crippen MR) is 62.6 cm³/mol. The Kier molecular flexibility index (Phi) is 3.72. The Bertz CT molecular complexity index is 465. The van der Waals surface area contributed by atoms with Gasteiger partial charge in [0.15, 0.2) is 0 Å². The van der Waals surface area contributed by atoms with Gasteiger partial charge in [-0.05, 0) is 12.1 Å². The van der Waals surface area contributed by atoms with Crippen LogP contribution in [0, 0.1) is 0 Å². The van der Waals surface area contributed by atoms with Crippen LogP contribution in [0.4, 0.5) is 0 Å². The van der Waals surface area contributed by atoms with Crippen molar-refractivity contribution in [1.82, 2.24) is 14.5 Å². The number of aromatic nitrogens is 3. The zero-order chi connectivity index (χ0) is 12.1. The number of nitrogens with zero attached hydrogens (tertiary/aromatic N) is 3. The van der Waals surface area contributed by atoms with Crippen LogP contribution in [0.5, 0.6) is 5.75 Å². The summed E-state index contributed by atoms with van der Waals surface area (Å²) in [6, 6.07) is 3.55. The number of ether oxygens (including phenoxy) is 1. The molecule has 0 aromatic carbocycles. The molecule has 2 rings (SSSR count). The Morgan fingerprint density at radius 2 is 2.24 bits per heavy atom. The number of imidazole rings is 1. The van der Waals surface area contributed by atoms with Gasteiger partial charge in [-0.2, -0.15) is 0 Å². The van der Waals surface area contributed by atoms with E-state index in [0.717, 1.165) is 12.2 Å². The molecule has 0 fully saturated rings. The molecule has 2 aromatic heterocycles. The third kappa shape index (κ3) is 3.04. The fraction of sp³-hybridized carbons (Fsp3) is 0.333. The average molecular weight is 233 g/mol. The molecule has 0 saturated heterocycles.